The van der Waals surface area contributed by atoms with Gasteiger partial charge >= 0.3 is 0 Å². The molecule has 1 saturated heterocycles. The molecule has 0 aromatic carbocycles. The van der Waals surface area contributed by atoms with E-state index in [9.17, 15) is 0 Å². The number of aliphatic hydroxyl groups excluding tert-OH is 1. The van der Waals surface area contributed by atoms with Crippen LogP contribution in [-0.4, -0.2) is 24.3 Å². The maximum absolute atomic E-state index is 8.59. The number of hydrogen-bond donors (Lipinski definition) is 2. The highest BCUT2D eigenvalue weighted by Crippen LogP contribution is 2.17. The lowest BCUT2D eigenvalue weighted by molar-refractivity contribution is 0.272. The Morgan fingerprint density at radius 3 is 2.90 bits per heavy atom. The molecule has 1 heterocycles. The molecular weight excluding hydrogens is 126 g/mol. The zero-order valence-corrected chi connectivity index (χ0v) is 6.64. The van der Waals surface area contributed by atoms with Crippen molar-refractivity contribution in [3.05, 3.63) is 0 Å². The molecule has 2 nitrogen and oxygen atoms in total. The first-order chi connectivity index (χ1) is 4.84. The molecule has 60 valence electrons. The average Bonchev–Trinajstić information content (AvgIpc) is 2.31. The van der Waals surface area contributed by atoms with Crippen molar-refractivity contribution in [2.45, 2.75) is 32.2 Å². The van der Waals surface area contributed by atoms with Crippen molar-refractivity contribution in [1.29, 1.82) is 0 Å². The fraction of sp³-hybridized carbons (Fsp3) is 1.00. The average molecular weight is 143 g/mol. The zero-order chi connectivity index (χ0) is 7.40. The molecule has 10 heavy (non-hydrogen) atoms. The van der Waals surface area contributed by atoms with Crippen molar-refractivity contribution >= 4 is 0 Å². The maximum Gasteiger partial charge on any atom is 0.0431 e. The summed E-state index contributed by atoms with van der Waals surface area (Å²) in [5, 5.41) is 12.0. The predicted octanol–water partition coefficient (Wildman–Crippen LogP) is 0.757. The van der Waals surface area contributed by atoms with Gasteiger partial charge in [-0.2, -0.15) is 0 Å². The Morgan fingerprint density at radius 1 is 1.60 bits per heavy atom. The summed E-state index contributed by atoms with van der Waals surface area (Å²) in [6, 6.07) is 0.673. The van der Waals surface area contributed by atoms with Crippen LogP contribution < -0.4 is 5.32 Å². The SMILES string of the molecule is CC1CCNC1CCCO. The van der Waals surface area contributed by atoms with Crippen LogP contribution in [0.3, 0.4) is 0 Å². The number of nitrogens with one attached hydrogen (secondary N) is 1. The Labute approximate surface area is 62.6 Å². The second kappa shape index (κ2) is 3.94. The summed E-state index contributed by atoms with van der Waals surface area (Å²) in [5.74, 6) is 0.812. The Hall–Kier alpha value is -0.0800. The van der Waals surface area contributed by atoms with Crippen molar-refractivity contribution in [3.8, 4) is 0 Å². The molecular formula is C8H17NO. The smallest absolute Gasteiger partial charge is 0.0431 e. The van der Waals surface area contributed by atoms with Gasteiger partial charge in [-0.15, -0.1) is 0 Å². The largest absolute Gasteiger partial charge is 0.396 e. The molecule has 0 bridgehead atoms. The summed E-state index contributed by atoms with van der Waals surface area (Å²) in [7, 11) is 0. The minimum absolute atomic E-state index is 0.338. The molecule has 0 aliphatic carbocycles. The summed E-state index contributed by atoms with van der Waals surface area (Å²) in [4.78, 5) is 0. The van der Waals surface area contributed by atoms with E-state index in [0.717, 1.165) is 25.3 Å². The van der Waals surface area contributed by atoms with Gasteiger partial charge in [0.05, 0.1) is 0 Å². The second-order valence-electron chi connectivity index (χ2n) is 3.19. The Morgan fingerprint density at radius 2 is 2.40 bits per heavy atom. The van der Waals surface area contributed by atoms with Crippen molar-refractivity contribution in [2.75, 3.05) is 13.2 Å². The van der Waals surface area contributed by atoms with E-state index in [4.69, 9.17) is 5.11 Å². The second-order valence-corrected chi connectivity index (χ2v) is 3.19. The molecule has 0 saturated carbocycles. The van der Waals surface area contributed by atoms with Gasteiger partial charge in [0.1, 0.15) is 0 Å². The van der Waals surface area contributed by atoms with Crippen LogP contribution in [0.5, 0.6) is 0 Å². The lowest BCUT2D eigenvalue weighted by atomic mass is 9.99. The predicted molar refractivity (Wildman–Crippen MR) is 41.9 cm³/mol. The van der Waals surface area contributed by atoms with Crippen LogP contribution in [0.4, 0.5) is 0 Å². The molecule has 1 fully saturated rings. The van der Waals surface area contributed by atoms with E-state index in [0.29, 0.717) is 12.6 Å². The van der Waals surface area contributed by atoms with Crippen LogP contribution in [-0.2, 0) is 0 Å². The van der Waals surface area contributed by atoms with Crippen LogP contribution in [0.15, 0.2) is 0 Å². The maximum atomic E-state index is 8.59. The van der Waals surface area contributed by atoms with E-state index in [1.165, 1.54) is 6.42 Å². The van der Waals surface area contributed by atoms with Gasteiger partial charge in [0, 0.05) is 12.6 Å². The molecule has 1 rings (SSSR count). The van der Waals surface area contributed by atoms with Gasteiger partial charge in [-0.05, 0) is 31.7 Å². The summed E-state index contributed by atoms with van der Waals surface area (Å²) < 4.78 is 0. The molecule has 0 radical (unpaired) electrons. The van der Waals surface area contributed by atoms with E-state index < -0.39 is 0 Å². The molecule has 1 aliphatic rings. The lowest BCUT2D eigenvalue weighted by Crippen LogP contribution is -2.25. The molecule has 0 aromatic heterocycles. The molecule has 0 aromatic rings. The first-order valence-electron chi connectivity index (χ1n) is 4.19. The van der Waals surface area contributed by atoms with Gasteiger partial charge in [0.2, 0.25) is 0 Å². The van der Waals surface area contributed by atoms with Gasteiger partial charge in [-0.1, -0.05) is 6.92 Å². The minimum Gasteiger partial charge on any atom is -0.396 e. The number of aliphatic hydroxyl groups is 1. The fourth-order valence-corrected chi connectivity index (χ4v) is 1.60. The van der Waals surface area contributed by atoms with E-state index >= 15 is 0 Å². The van der Waals surface area contributed by atoms with Gasteiger partial charge in [0.25, 0.3) is 0 Å². The number of rotatable bonds is 3. The molecule has 1 aliphatic heterocycles. The zero-order valence-electron chi connectivity index (χ0n) is 6.64. The van der Waals surface area contributed by atoms with Gasteiger partial charge in [0.15, 0.2) is 0 Å². The standard InChI is InChI=1S/C8H17NO/c1-7-4-5-9-8(7)3-2-6-10/h7-10H,2-6H2,1H3. The first kappa shape index (κ1) is 8.02. The van der Waals surface area contributed by atoms with Crippen LogP contribution >= 0.6 is 0 Å². The topological polar surface area (TPSA) is 32.3 Å². The van der Waals surface area contributed by atoms with Crippen LogP contribution in [0, 0.1) is 5.92 Å². The van der Waals surface area contributed by atoms with Crippen molar-refractivity contribution in [3.63, 3.8) is 0 Å². The van der Waals surface area contributed by atoms with E-state index in [2.05, 4.69) is 12.2 Å². The van der Waals surface area contributed by atoms with Crippen LogP contribution in [0.2, 0.25) is 0 Å². The molecule has 2 atom stereocenters. The summed E-state index contributed by atoms with van der Waals surface area (Å²) in [5.41, 5.74) is 0. The third-order valence-electron chi connectivity index (χ3n) is 2.37. The van der Waals surface area contributed by atoms with E-state index in [1.807, 2.05) is 0 Å². The molecule has 2 heteroatoms. The fourth-order valence-electron chi connectivity index (χ4n) is 1.60. The van der Waals surface area contributed by atoms with Gasteiger partial charge < -0.3 is 10.4 Å². The highest BCUT2D eigenvalue weighted by molar-refractivity contribution is 4.80. The normalized spacial score (nSPS) is 33.0. The summed E-state index contributed by atoms with van der Waals surface area (Å²) >= 11 is 0. The summed E-state index contributed by atoms with van der Waals surface area (Å²) in [6.07, 6.45) is 3.38. The third-order valence-corrected chi connectivity index (χ3v) is 2.37. The van der Waals surface area contributed by atoms with Crippen molar-refractivity contribution in [2.24, 2.45) is 5.92 Å². The Kier molecular flexibility index (Phi) is 3.16. The monoisotopic (exact) mass is 143 g/mol. The first-order valence-corrected chi connectivity index (χ1v) is 4.19. The van der Waals surface area contributed by atoms with Crippen molar-refractivity contribution in [1.82, 2.24) is 5.32 Å². The highest BCUT2D eigenvalue weighted by Gasteiger charge is 2.21. The van der Waals surface area contributed by atoms with Crippen LogP contribution in [0.1, 0.15) is 26.2 Å². The highest BCUT2D eigenvalue weighted by atomic mass is 16.2. The molecule has 0 amide bonds. The minimum atomic E-state index is 0.338. The quantitative estimate of drug-likeness (QED) is 0.611. The van der Waals surface area contributed by atoms with Gasteiger partial charge in [-0.3, -0.25) is 0 Å². The van der Waals surface area contributed by atoms with Crippen LogP contribution in [0.25, 0.3) is 0 Å². The Bertz CT molecular complexity index is 95.3. The lowest BCUT2D eigenvalue weighted by Gasteiger charge is -2.13. The summed E-state index contributed by atoms with van der Waals surface area (Å²) in [6.45, 7) is 3.78. The van der Waals surface area contributed by atoms with Gasteiger partial charge in [-0.25, -0.2) is 0 Å². The number of hydrogen-bond acceptors (Lipinski definition) is 2. The van der Waals surface area contributed by atoms with Crippen molar-refractivity contribution < 1.29 is 5.11 Å². The Balaban J connectivity index is 2.14. The molecule has 2 unspecified atom stereocenters. The molecule has 0 spiro atoms. The molecule has 2 N–H and O–H groups in total. The van der Waals surface area contributed by atoms with E-state index in [-0.39, 0.29) is 0 Å². The van der Waals surface area contributed by atoms with E-state index in [1.54, 1.807) is 0 Å². The third kappa shape index (κ3) is 1.96.